The number of hydrogen-bond donors (Lipinski definition) is 1. The Bertz CT molecular complexity index is 911. The maximum atomic E-state index is 13.8. The van der Waals surface area contributed by atoms with Crippen LogP contribution >= 0.6 is 0 Å². The summed E-state index contributed by atoms with van der Waals surface area (Å²) in [6.07, 6.45) is 7.64. The predicted octanol–water partition coefficient (Wildman–Crippen LogP) is 8.69. The van der Waals surface area contributed by atoms with Crippen molar-refractivity contribution in [1.29, 1.82) is 0 Å². The fourth-order valence-corrected chi connectivity index (χ4v) is 7.94. The Morgan fingerprint density at radius 3 is 2.10 bits per heavy atom. The van der Waals surface area contributed by atoms with Gasteiger partial charge in [0.05, 0.1) is 17.6 Å². The zero-order valence-electron chi connectivity index (χ0n) is 27.5. The molecule has 0 spiro atoms. The van der Waals surface area contributed by atoms with Crippen molar-refractivity contribution in [2.45, 2.75) is 148 Å². The molecule has 5 atom stereocenters. The van der Waals surface area contributed by atoms with E-state index >= 15 is 0 Å². The number of rotatable bonds is 12. The number of hydrogen-bond acceptors (Lipinski definition) is 4. The molecule has 1 aliphatic rings. The van der Waals surface area contributed by atoms with Gasteiger partial charge in [-0.15, -0.1) is 18.4 Å². The van der Waals surface area contributed by atoms with Crippen molar-refractivity contribution in [1.82, 2.24) is 0 Å². The molecule has 0 aromatic heterocycles. The second kappa shape index (κ2) is 13.8. The minimum absolute atomic E-state index is 0.0505. The molecule has 0 unspecified atom stereocenters. The van der Waals surface area contributed by atoms with Crippen LogP contribution in [0, 0.1) is 29.6 Å². The minimum atomic E-state index is -2.35. The average molecular weight is 577 g/mol. The minimum Gasteiger partial charge on any atom is -0.414 e. The predicted molar refractivity (Wildman–Crippen MR) is 172 cm³/mol. The molecule has 0 heterocycles. The average Bonchev–Trinajstić information content (AvgIpc) is 2.77. The molecule has 1 saturated carbocycles. The van der Waals surface area contributed by atoms with Crippen LogP contribution < -0.4 is 0 Å². The van der Waals surface area contributed by atoms with Gasteiger partial charge in [0, 0.05) is 18.9 Å². The molecule has 0 aliphatic heterocycles. The molecule has 0 radical (unpaired) electrons. The van der Waals surface area contributed by atoms with Crippen LogP contribution in [-0.4, -0.2) is 45.3 Å². The maximum Gasteiger partial charge on any atom is 0.193 e. The van der Waals surface area contributed by atoms with Crippen molar-refractivity contribution in [2.24, 2.45) is 17.8 Å². The van der Waals surface area contributed by atoms with Crippen molar-refractivity contribution in [2.75, 3.05) is 0 Å². The van der Waals surface area contributed by atoms with E-state index in [4.69, 9.17) is 8.85 Å². The van der Waals surface area contributed by atoms with Crippen molar-refractivity contribution >= 4 is 22.4 Å². The topological polar surface area (TPSA) is 55.8 Å². The molecule has 39 heavy (non-hydrogen) atoms. The first kappa shape index (κ1) is 36.1. The number of allylic oxidation sites excluding steroid dienone is 2. The zero-order chi connectivity index (χ0) is 30.4. The molecule has 0 aromatic carbocycles. The van der Waals surface area contributed by atoms with Gasteiger partial charge in [0.2, 0.25) is 0 Å². The van der Waals surface area contributed by atoms with Gasteiger partial charge in [-0.05, 0) is 74.3 Å². The highest BCUT2D eigenvalue weighted by atomic mass is 28.4. The van der Waals surface area contributed by atoms with Gasteiger partial charge in [0.15, 0.2) is 16.6 Å². The Balaban J connectivity index is 3.74. The van der Waals surface area contributed by atoms with Gasteiger partial charge < -0.3 is 14.0 Å². The molecular weight excluding hydrogens is 517 g/mol. The summed E-state index contributed by atoms with van der Waals surface area (Å²) < 4.78 is 14.1. The highest BCUT2D eigenvalue weighted by molar-refractivity contribution is 6.74. The number of aliphatic hydroxyl groups is 1. The molecule has 0 amide bonds. The standard InChI is InChI=1S/C33H60O4Si2/c1-15-17-23-33(24-18-20-25(3)4,37-39(13,14)32(8,9)10)30(35)29-26(19-16-2)28(22-21-27(29)34)36-38(11,12)31(5,6)7/h16,18,20,25-26,28-30,35H,2,19,21-24H2,1,3-14H3/b20-18+/t26-,28+,29+,30+,33-/m1/s1. The largest absolute Gasteiger partial charge is 0.414 e. The van der Waals surface area contributed by atoms with Crippen LogP contribution in [0.3, 0.4) is 0 Å². The van der Waals surface area contributed by atoms with Gasteiger partial charge in [0.1, 0.15) is 5.78 Å². The fraction of sp³-hybridized carbons (Fsp3) is 0.788. The molecule has 6 heteroatoms. The lowest BCUT2D eigenvalue weighted by molar-refractivity contribution is -0.152. The first-order valence-electron chi connectivity index (χ1n) is 14.9. The van der Waals surface area contributed by atoms with Gasteiger partial charge in [-0.3, -0.25) is 4.79 Å². The Hall–Kier alpha value is -0.976. The van der Waals surface area contributed by atoms with E-state index in [-0.39, 0.29) is 27.9 Å². The first-order chi connectivity index (χ1) is 17.7. The summed E-state index contributed by atoms with van der Waals surface area (Å²) in [6, 6.07) is 0. The van der Waals surface area contributed by atoms with Crippen molar-refractivity contribution in [3.63, 3.8) is 0 Å². The van der Waals surface area contributed by atoms with Crippen LogP contribution in [-0.2, 0) is 13.6 Å². The number of Topliss-reactive ketones (excluding diaryl/α,β-unsaturated/α-hetero) is 1. The quantitative estimate of drug-likeness (QED) is 0.143. The van der Waals surface area contributed by atoms with Crippen LogP contribution in [0.1, 0.15) is 94.4 Å². The van der Waals surface area contributed by atoms with E-state index in [0.29, 0.717) is 38.0 Å². The van der Waals surface area contributed by atoms with E-state index in [1.807, 2.05) is 13.0 Å². The number of carbonyl (C=O) groups excluding carboxylic acids is 1. The Kier molecular flexibility index (Phi) is 12.7. The third kappa shape index (κ3) is 9.26. The fourth-order valence-electron chi connectivity index (χ4n) is 4.94. The van der Waals surface area contributed by atoms with Gasteiger partial charge >= 0.3 is 0 Å². The normalized spacial score (nSPS) is 23.9. The summed E-state index contributed by atoms with van der Waals surface area (Å²) in [4.78, 5) is 13.8. The second-order valence-corrected chi connectivity index (χ2v) is 24.5. The summed E-state index contributed by atoms with van der Waals surface area (Å²) >= 11 is 0. The van der Waals surface area contributed by atoms with Crippen molar-refractivity contribution in [3.05, 3.63) is 24.8 Å². The smallest absolute Gasteiger partial charge is 0.193 e. The van der Waals surface area contributed by atoms with Crippen LogP contribution in [0.4, 0.5) is 0 Å². The third-order valence-corrected chi connectivity index (χ3v) is 18.4. The molecule has 224 valence electrons. The summed E-state index contributed by atoms with van der Waals surface area (Å²) in [5.74, 6) is 6.01. The lowest BCUT2D eigenvalue weighted by Crippen LogP contribution is -2.61. The zero-order valence-corrected chi connectivity index (χ0v) is 29.5. The van der Waals surface area contributed by atoms with Gasteiger partial charge in [-0.2, -0.15) is 0 Å². The van der Waals surface area contributed by atoms with E-state index < -0.39 is 34.3 Å². The maximum absolute atomic E-state index is 13.8. The van der Waals surface area contributed by atoms with E-state index in [0.717, 1.165) is 0 Å². The van der Waals surface area contributed by atoms with Crippen LogP contribution in [0.15, 0.2) is 24.8 Å². The molecule has 1 N–H and O–H groups in total. The van der Waals surface area contributed by atoms with Gasteiger partial charge in [-0.25, -0.2) is 0 Å². The summed E-state index contributed by atoms with van der Waals surface area (Å²) in [5.41, 5.74) is -0.990. The van der Waals surface area contributed by atoms with Gasteiger partial charge in [0.25, 0.3) is 0 Å². The number of aliphatic hydroxyl groups excluding tert-OH is 1. The lowest BCUT2D eigenvalue weighted by atomic mass is 9.67. The highest BCUT2D eigenvalue weighted by Crippen LogP contribution is 2.47. The number of ketones is 1. The van der Waals surface area contributed by atoms with Crippen molar-refractivity contribution < 1.29 is 18.8 Å². The molecule has 0 aromatic rings. The second-order valence-electron chi connectivity index (χ2n) is 15.0. The first-order valence-corrected chi connectivity index (χ1v) is 20.7. The Morgan fingerprint density at radius 2 is 1.64 bits per heavy atom. The molecular formula is C33H60O4Si2. The molecule has 1 fully saturated rings. The van der Waals surface area contributed by atoms with Crippen LogP contribution in [0.5, 0.6) is 0 Å². The van der Waals surface area contributed by atoms with Crippen molar-refractivity contribution in [3.8, 4) is 11.8 Å². The molecule has 4 nitrogen and oxygen atoms in total. The Morgan fingerprint density at radius 1 is 1.08 bits per heavy atom. The van der Waals surface area contributed by atoms with E-state index in [1.165, 1.54) is 0 Å². The Labute approximate surface area is 243 Å². The van der Waals surface area contributed by atoms with E-state index in [2.05, 4.69) is 112 Å². The monoisotopic (exact) mass is 576 g/mol. The van der Waals surface area contributed by atoms with E-state index in [1.54, 1.807) is 0 Å². The molecule has 0 saturated heterocycles. The summed E-state index contributed by atoms with van der Waals surface area (Å²) in [6.45, 7) is 32.4. The SMILES string of the molecule is C=CC[C@H]1[C@H]([C@H](O)[C@@](CC#CC)(C/C=C/C(C)C)O[Si](C)(C)C(C)(C)C)C(=O)CC[C@@H]1O[Si](C)(C)C(C)(C)C. The summed E-state index contributed by atoms with van der Waals surface area (Å²) in [7, 11) is -4.45. The molecule has 1 rings (SSSR count). The molecule has 1 aliphatic carbocycles. The highest BCUT2D eigenvalue weighted by Gasteiger charge is 2.54. The lowest BCUT2D eigenvalue weighted by Gasteiger charge is -2.51. The molecule has 0 bridgehead atoms. The van der Waals surface area contributed by atoms with Crippen LogP contribution in [0.2, 0.25) is 36.3 Å². The van der Waals surface area contributed by atoms with Gasteiger partial charge in [-0.1, -0.05) is 73.6 Å². The number of carbonyl (C=O) groups is 1. The summed E-state index contributed by atoms with van der Waals surface area (Å²) in [5, 5.41) is 12.4. The van der Waals surface area contributed by atoms with Crippen LogP contribution in [0.25, 0.3) is 0 Å². The van der Waals surface area contributed by atoms with E-state index in [9.17, 15) is 9.90 Å². The third-order valence-electron chi connectivity index (χ3n) is 9.37.